The average molecular weight is 378 g/mol. The highest BCUT2D eigenvalue weighted by Gasteiger charge is 2.23. The Bertz CT molecular complexity index is 1060. The topological polar surface area (TPSA) is 105 Å². The lowest BCUT2D eigenvalue weighted by Crippen LogP contribution is -2.34. The summed E-state index contributed by atoms with van der Waals surface area (Å²) in [6, 6.07) is 14.1. The summed E-state index contributed by atoms with van der Waals surface area (Å²) in [7, 11) is 1.59. The Balaban J connectivity index is 1.51. The van der Waals surface area contributed by atoms with E-state index in [1.807, 2.05) is 24.3 Å². The van der Waals surface area contributed by atoms with Gasteiger partial charge in [0.2, 0.25) is 0 Å². The van der Waals surface area contributed by atoms with E-state index in [9.17, 15) is 9.59 Å². The zero-order valence-electron chi connectivity index (χ0n) is 15.3. The van der Waals surface area contributed by atoms with Crippen LogP contribution < -0.4 is 20.1 Å². The summed E-state index contributed by atoms with van der Waals surface area (Å²) in [5.74, 6) is 0.691. The fourth-order valence-electron chi connectivity index (χ4n) is 2.85. The predicted octanol–water partition coefficient (Wildman–Crippen LogP) is 3.06. The van der Waals surface area contributed by atoms with Crippen molar-refractivity contribution in [1.29, 1.82) is 0 Å². The van der Waals surface area contributed by atoms with Crippen molar-refractivity contribution in [3.8, 4) is 22.8 Å². The number of aromatic nitrogens is 2. The van der Waals surface area contributed by atoms with Crippen molar-refractivity contribution >= 4 is 23.2 Å². The molecule has 3 N–H and O–H groups in total. The molecular weight excluding hydrogens is 360 g/mol. The molecule has 2 heterocycles. The van der Waals surface area contributed by atoms with Crippen molar-refractivity contribution in [1.82, 2.24) is 10.2 Å². The zero-order valence-corrected chi connectivity index (χ0v) is 15.3. The first-order valence-corrected chi connectivity index (χ1v) is 8.66. The average Bonchev–Trinajstić information content (AvgIpc) is 3.20. The van der Waals surface area contributed by atoms with Gasteiger partial charge >= 0.3 is 0 Å². The van der Waals surface area contributed by atoms with E-state index < -0.39 is 6.10 Å². The molecule has 0 aliphatic carbocycles. The summed E-state index contributed by atoms with van der Waals surface area (Å²) in [6.07, 6.45) is -0.548. The van der Waals surface area contributed by atoms with Crippen LogP contribution in [0.3, 0.4) is 0 Å². The van der Waals surface area contributed by atoms with E-state index in [4.69, 9.17) is 9.47 Å². The van der Waals surface area contributed by atoms with Crippen molar-refractivity contribution in [2.45, 2.75) is 13.0 Å². The molecule has 0 radical (unpaired) electrons. The Hall–Kier alpha value is -3.81. The number of nitrogens with zero attached hydrogens (tertiary/aromatic N) is 1. The Morgan fingerprint density at radius 1 is 1.21 bits per heavy atom. The molecule has 0 saturated carbocycles. The van der Waals surface area contributed by atoms with Crippen molar-refractivity contribution in [3.05, 3.63) is 54.2 Å². The van der Waals surface area contributed by atoms with Gasteiger partial charge in [-0.1, -0.05) is 12.1 Å². The molecule has 1 unspecified atom stereocenters. The SMILES string of the molecule is COc1cccc(-c2cc(C(=O)Nc3ccc4c(c3)NC(=O)C(C)O4)[nH]n2)c1. The number of benzene rings is 2. The van der Waals surface area contributed by atoms with Crippen molar-refractivity contribution in [2.75, 3.05) is 17.7 Å². The van der Waals surface area contributed by atoms with Crippen LogP contribution in [0.5, 0.6) is 11.5 Å². The molecule has 1 aromatic heterocycles. The molecule has 2 aromatic carbocycles. The summed E-state index contributed by atoms with van der Waals surface area (Å²) in [5.41, 5.74) is 2.81. The summed E-state index contributed by atoms with van der Waals surface area (Å²) in [5, 5.41) is 12.5. The molecule has 0 fully saturated rings. The summed E-state index contributed by atoms with van der Waals surface area (Å²) in [4.78, 5) is 24.3. The van der Waals surface area contributed by atoms with Gasteiger partial charge in [0, 0.05) is 11.3 Å². The Morgan fingerprint density at radius 2 is 2.07 bits per heavy atom. The largest absolute Gasteiger partial charge is 0.497 e. The van der Waals surface area contributed by atoms with E-state index in [-0.39, 0.29) is 11.8 Å². The Morgan fingerprint density at radius 3 is 2.89 bits per heavy atom. The van der Waals surface area contributed by atoms with E-state index in [2.05, 4.69) is 20.8 Å². The van der Waals surface area contributed by atoms with E-state index in [0.29, 0.717) is 34.3 Å². The molecule has 28 heavy (non-hydrogen) atoms. The van der Waals surface area contributed by atoms with E-state index in [0.717, 1.165) is 5.56 Å². The highest BCUT2D eigenvalue weighted by Crippen LogP contribution is 2.32. The van der Waals surface area contributed by atoms with Crippen LogP contribution >= 0.6 is 0 Å². The lowest BCUT2D eigenvalue weighted by Gasteiger charge is -2.23. The fourth-order valence-corrected chi connectivity index (χ4v) is 2.85. The number of hydrogen-bond acceptors (Lipinski definition) is 5. The molecule has 1 atom stereocenters. The normalized spacial score (nSPS) is 15.2. The quantitative estimate of drug-likeness (QED) is 0.647. The lowest BCUT2D eigenvalue weighted by atomic mass is 10.1. The van der Waals surface area contributed by atoms with Gasteiger partial charge in [-0.25, -0.2) is 0 Å². The number of carbonyl (C=O) groups is 2. The molecule has 1 aliphatic rings. The van der Waals surface area contributed by atoms with Gasteiger partial charge in [0.15, 0.2) is 6.10 Å². The van der Waals surface area contributed by atoms with Gasteiger partial charge in [-0.2, -0.15) is 5.10 Å². The summed E-state index contributed by atoms with van der Waals surface area (Å²) in [6.45, 7) is 1.67. The fraction of sp³-hybridized carbons (Fsp3) is 0.150. The second-order valence-electron chi connectivity index (χ2n) is 6.31. The van der Waals surface area contributed by atoms with Gasteiger partial charge in [-0.05, 0) is 43.3 Å². The maximum Gasteiger partial charge on any atom is 0.273 e. The minimum absolute atomic E-state index is 0.229. The van der Waals surface area contributed by atoms with E-state index in [1.165, 1.54) is 0 Å². The number of aromatic amines is 1. The number of fused-ring (bicyclic) bond motifs is 1. The number of amides is 2. The minimum atomic E-state index is -0.548. The maximum atomic E-state index is 12.5. The number of H-pyrrole nitrogens is 1. The molecule has 8 nitrogen and oxygen atoms in total. The molecule has 0 spiro atoms. The monoisotopic (exact) mass is 378 g/mol. The predicted molar refractivity (Wildman–Crippen MR) is 104 cm³/mol. The highest BCUT2D eigenvalue weighted by molar-refractivity contribution is 6.04. The third-order valence-electron chi connectivity index (χ3n) is 4.36. The molecule has 142 valence electrons. The van der Waals surface area contributed by atoms with Crippen LogP contribution in [0, 0.1) is 0 Å². The number of rotatable bonds is 4. The number of hydrogen-bond donors (Lipinski definition) is 3. The van der Waals surface area contributed by atoms with Crippen LogP contribution in [-0.2, 0) is 4.79 Å². The second kappa shape index (κ2) is 7.07. The van der Waals surface area contributed by atoms with Crippen LogP contribution in [-0.4, -0.2) is 35.2 Å². The van der Waals surface area contributed by atoms with Gasteiger partial charge in [-0.3, -0.25) is 14.7 Å². The number of anilines is 2. The summed E-state index contributed by atoms with van der Waals surface area (Å²) < 4.78 is 10.7. The first-order chi connectivity index (χ1) is 13.5. The number of nitrogens with one attached hydrogen (secondary N) is 3. The van der Waals surface area contributed by atoms with Gasteiger partial charge in [0.1, 0.15) is 17.2 Å². The van der Waals surface area contributed by atoms with Gasteiger partial charge in [0.25, 0.3) is 11.8 Å². The standard InChI is InChI=1S/C20H18N4O4/c1-11-19(25)22-16-9-13(6-7-18(16)28-11)21-20(26)17-10-15(23-24-17)12-4-3-5-14(8-12)27-2/h3-11H,1-2H3,(H,21,26)(H,22,25)(H,23,24). The van der Waals surface area contributed by atoms with Gasteiger partial charge in [0.05, 0.1) is 18.5 Å². The lowest BCUT2D eigenvalue weighted by molar-refractivity contribution is -0.122. The molecule has 3 aromatic rings. The smallest absolute Gasteiger partial charge is 0.273 e. The number of methoxy groups -OCH3 is 1. The third kappa shape index (κ3) is 3.39. The van der Waals surface area contributed by atoms with Crippen molar-refractivity contribution in [2.24, 2.45) is 0 Å². The van der Waals surface area contributed by atoms with E-state index in [1.54, 1.807) is 38.3 Å². The van der Waals surface area contributed by atoms with Crippen LogP contribution in [0.15, 0.2) is 48.5 Å². The van der Waals surface area contributed by atoms with Crippen LogP contribution in [0.1, 0.15) is 17.4 Å². The molecule has 4 rings (SSSR count). The second-order valence-corrected chi connectivity index (χ2v) is 6.31. The highest BCUT2D eigenvalue weighted by atomic mass is 16.5. The zero-order chi connectivity index (χ0) is 19.7. The van der Waals surface area contributed by atoms with Crippen LogP contribution in [0.2, 0.25) is 0 Å². The maximum absolute atomic E-state index is 12.5. The Labute approximate surface area is 160 Å². The van der Waals surface area contributed by atoms with Crippen molar-refractivity contribution < 1.29 is 19.1 Å². The number of carbonyl (C=O) groups excluding carboxylic acids is 2. The minimum Gasteiger partial charge on any atom is -0.497 e. The van der Waals surface area contributed by atoms with Gasteiger partial charge < -0.3 is 20.1 Å². The van der Waals surface area contributed by atoms with Crippen LogP contribution in [0.25, 0.3) is 11.3 Å². The molecular formula is C20H18N4O4. The van der Waals surface area contributed by atoms with Crippen LogP contribution in [0.4, 0.5) is 11.4 Å². The first-order valence-electron chi connectivity index (χ1n) is 8.66. The van der Waals surface area contributed by atoms with E-state index >= 15 is 0 Å². The third-order valence-corrected chi connectivity index (χ3v) is 4.36. The van der Waals surface area contributed by atoms with Gasteiger partial charge in [-0.15, -0.1) is 0 Å². The molecule has 8 heteroatoms. The molecule has 2 amide bonds. The van der Waals surface area contributed by atoms with Crippen molar-refractivity contribution in [3.63, 3.8) is 0 Å². The molecule has 0 saturated heterocycles. The molecule has 0 bridgehead atoms. The first kappa shape index (κ1) is 17.6. The Kier molecular flexibility index (Phi) is 4.44. The molecule has 1 aliphatic heterocycles. The number of ether oxygens (including phenoxy) is 2. The summed E-state index contributed by atoms with van der Waals surface area (Å²) >= 11 is 0.